The van der Waals surface area contributed by atoms with Gasteiger partial charge in [0.15, 0.2) is 5.65 Å². The van der Waals surface area contributed by atoms with Crippen molar-refractivity contribution in [3.05, 3.63) is 60.2 Å². The van der Waals surface area contributed by atoms with E-state index in [9.17, 15) is 4.79 Å². The molecule has 0 saturated carbocycles. The molecule has 0 amide bonds. The fourth-order valence-corrected chi connectivity index (χ4v) is 4.02. The van der Waals surface area contributed by atoms with Crippen molar-refractivity contribution in [2.75, 3.05) is 6.61 Å². The topological polar surface area (TPSA) is 69.9 Å². The monoisotopic (exact) mass is 406 g/mol. The summed E-state index contributed by atoms with van der Waals surface area (Å²) in [6.07, 6.45) is 0.889. The van der Waals surface area contributed by atoms with Gasteiger partial charge in [0.25, 0.3) is 0 Å². The van der Waals surface area contributed by atoms with Gasteiger partial charge in [-0.2, -0.15) is 0 Å². The van der Waals surface area contributed by atoms with E-state index in [0.29, 0.717) is 11.8 Å². The average Bonchev–Trinajstić information content (AvgIpc) is 3.06. The van der Waals surface area contributed by atoms with E-state index in [2.05, 4.69) is 45.1 Å². The third kappa shape index (κ3) is 4.10. The first-order valence-electron chi connectivity index (χ1n) is 9.66. The Bertz CT molecular complexity index is 1140. The Morgan fingerprint density at radius 1 is 1.10 bits per heavy atom. The van der Waals surface area contributed by atoms with E-state index in [1.807, 2.05) is 24.3 Å². The third-order valence-electron chi connectivity index (χ3n) is 4.72. The largest absolute Gasteiger partial charge is 0.465 e. The predicted molar refractivity (Wildman–Crippen MR) is 115 cm³/mol. The maximum atomic E-state index is 12.0. The summed E-state index contributed by atoms with van der Waals surface area (Å²) in [6.45, 7) is 4.73. The molecule has 0 N–H and O–H groups in total. The maximum Gasteiger partial charge on any atom is 0.319 e. The number of aromatic nitrogens is 4. The second-order valence-corrected chi connectivity index (χ2v) is 7.99. The van der Waals surface area contributed by atoms with Crippen LogP contribution < -0.4 is 0 Å². The Hall–Kier alpha value is -2.93. The van der Waals surface area contributed by atoms with E-state index in [-0.39, 0.29) is 5.97 Å². The summed E-state index contributed by atoms with van der Waals surface area (Å²) >= 11 is 1.27. The molecule has 2 heterocycles. The number of aryl methyl sites for hydroxylation is 2. The van der Waals surface area contributed by atoms with Gasteiger partial charge < -0.3 is 9.30 Å². The Labute approximate surface area is 173 Å². The number of carbonyl (C=O) groups is 1. The second kappa shape index (κ2) is 8.61. The van der Waals surface area contributed by atoms with Gasteiger partial charge in [0.05, 0.1) is 12.1 Å². The van der Waals surface area contributed by atoms with Gasteiger partial charge in [0.2, 0.25) is 5.16 Å². The molecule has 0 aliphatic rings. The summed E-state index contributed by atoms with van der Waals surface area (Å²) < 4.78 is 7.27. The third-order valence-corrected chi connectivity index (χ3v) is 5.65. The average molecular weight is 407 g/mol. The molecule has 1 atom stereocenters. The lowest BCUT2D eigenvalue weighted by Crippen LogP contribution is -2.17. The van der Waals surface area contributed by atoms with Crippen LogP contribution in [0.25, 0.3) is 22.1 Å². The second-order valence-electron chi connectivity index (χ2n) is 6.68. The van der Waals surface area contributed by atoms with Gasteiger partial charge in [-0.3, -0.25) is 4.79 Å². The number of esters is 1. The SMILES string of the molecule is CCOC(=O)C(C)Sc1nnc2c3ccccc3n(CCc3ccccc3)c2n1. The van der Waals surface area contributed by atoms with E-state index in [1.54, 1.807) is 13.8 Å². The van der Waals surface area contributed by atoms with Crippen LogP contribution in [0.15, 0.2) is 59.8 Å². The van der Waals surface area contributed by atoms with E-state index < -0.39 is 5.25 Å². The molecule has 4 rings (SSSR count). The quantitative estimate of drug-likeness (QED) is 0.337. The van der Waals surface area contributed by atoms with Crippen LogP contribution in [0.1, 0.15) is 19.4 Å². The lowest BCUT2D eigenvalue weighted by Gasteiger charge is -2.09. The van der Waals surface area contributed by atoms with Crippen LogP contribution in [-0.4, -0.2) is 37.6 Å². The van der Waals surface area contributed by atoms with Gasteiger partial charge in [-0.05, 0) is 31.9 Å². The van der Waals surface area contributed by atoms with Gasteiger partial charge in [-0.25, -0.2) is 4.98 Å². The zero-order chi connectivity index (χ0) is 20.2. The standard InChI is InChI=1S/C22H22N4O2S/c1-3-28-21(27)15(2)29-22-23-20-19(24-25-22)17-11-7-8-12-18(17)26(20)14-13-16-9-5-4-6-10-16/h4-12,15H,3,13-14H2,1-2H3. The highest BCUT2D eigenvalue weighted by Gasteiger charge is 2.20. The number of hydrogen-bond acceptors (Lipinski definition) is 6. The van der Waals surface area contributed by atoms with Crippen molar-refractivity contribution in [3.63, 3.8) is 0 Å². The lowest BCUT2D eigenvalue weighted by molar-refractivity contribution is -0.142. The number of ether oxygens (including phenoxy) is 1. The molecule has 0 saturated heterocycles. The molecule has 0 spiro atoms. The molecule has 148 valence electrons. The predicted octanol–water partition coefficient (Wildman–Crippen LogP) is 4.27. The number of benzene rings is 2. The van der Waals surface area contributed by atoms with E-state index in [4.69, 9.17) is 9.72 Å². The summed E-state index contributed by atoms with van der Waals surface area (Å²) in [5.74, 6) is -0.272. The van der Waals surface area contributed by atoms with Crippen molar-refractivity contribution in [1.82, 2.24) is 19.7 Å². The smallest absolute Gasteiger partial charge is 0.319 e. The first-order chi connectivity index (χ1) is 14.2. The molecule has 29 heavy (non-hydrogen) atoms. The van der Waals surface area contributed by atoms with Crippen LogP contribution in [0.4, 0.5) is 0 Å². The molecule has 6 nitrogen and oxygen atoms in total. The van der Waals surface area contributed by atoms with Crippen molar-refractivity contribution in [2.24, 2.45) is 0 Å². The van der Waals surface area contributed by atoms with Crippen molar-refractivity contribution in [2.45, 2.75) is 37.2 Å². The van der Waals surface area contributed by atoms with Gasteiger partial charge in [0.1, 0.15) is 10.8 Å². The molecule has 0 aliphatic heterocycles. The van der Waals surface area contributed by atoms with Gasteiger partial charge in [-0.1, -0.05) is 60.3 Å². The van der Waals surface area contributed by atoms with Crippen molar-refractivity contribution < 1.29 is 9.53 Å². The molecule has 0 fully saturated rings. The summed E-state index contributed by atoms with van der Waals surface area (Å²) in [6, 6.07) is 18.5. The Morgan fingerprint density at radius 2 is 1.86 bits per heavy atom. The molecule has 0 aliphatic carbocycles. The van der Waals surface area contributed by atoms with Gasteiger partial charge in [-0.15, -0.1) is 10.2 Å². The summed E-state index contributed by atoms with van der Waals surface area (Å²) in [5.41, 5.74) is 3.92. The highest BCUT2D eigenvalue weighted by atomic mass is 32.2. The van der Waals surface area contributed by atoms with E-state index in [0.717, 1.165) is 35.0 Å². The molecule has 2 aromatic heterocycles. The molecular weight excluding hydrogens is 384 g/mol. The van der Waals surface area contributed by atoms with Crippen LogP contribution in [-0.2, 0) is 22.5 Å². The minimum atomic E-state index is -0.392. The summed E-state index contributed by atoms with van der Waals surface area (Å²) in [5, 5.41) is 9.80. The fraction of sp³-hybridized carbons (Fsp3) is 0.273. The number of rotatable bonds is 7. The molecule has 0 bridgehead atoms. The van der Waals surface area contributed by atoms with Crippen LogP contribution in [0.3, 0.4) is 0 Å². The Morgan fingerprint density at radius 3 is 2.66 bits per heavy atom. The zero-order valence-electron chi connectivity index (χ0n) is 16.4. The normalized spacial score (nSPS) is 12.3. The number of nitrogens with zero attached hydrogens (tertiary/aromatic N) is 4. The molecule has 2 aromatic carbocycles. The molecular formula is C22H22N4O2S. The zero-order valence-corrected chi connectivity index (χ0v) is 17.2. The molecule has 1 unspecified atom stereocenters. The molecule has 4 aromatic rings. The maximum absolute atomic E-state index is 12.0. The van der Waals surface area contributed by atoms with E-state index >= 15 is 0 Å². The van der Waals surface area contributed by atoms with Gasteiger partial charge in [0, 0.05) is 11.9 Å². The lowest BCUT2D eigenvalue weighted by atomic mass is 10.1. The van der Waals surface area contributed by atoms with E-state index in [1.165, 1.54) is 17.3 Å². The van der Waals surface area contributed by atoms with Crippen LogP contribution in [0.5, 0.6) is 0 Å². The minimum absolute atomic E-state index is 0.272. The molecule has 7 heteroatoms. The number of fused-ring (bicyclic) bond motifs is 3. The first-order valence-corrected chi connectivity index (χ1v) is 10.5. The van der Waals surface area contributed by atoms with Crippen LogP contribution in [0.2, 0.25) is 0 Å². The van der Waals surface area contributed by atoms with Crippen molar-refractivity contribution in [3.8, 4) is 0 Å². The van der Waals surface area contributed by atoms with Crippen molar-refractivity contribution in [1.29, 1.82) is 0 Å². The number of thioether (sulfide) groups is 1. The van der Waals surface area contributed by atoms with Crippen LogP contribution >= 0.6 is 11.8 Å². The summed E-state index contributed by atoms with van der Waals surface area (Å²) in [4.78, 5) is 16.7. The van der Waals surface area contributed by atoms with Crippen molar-refractivity contribution >= 4 is 39.8 Å². The fourth-order valence-electron chi connectivity index (χ4n) is 3.32. The number of hydrogen-bond donors (Lipinski definition) is 0. The Balaban J connectivity index is 1.70. The van der Waals surface area contributed by atoms with Crippen LogP contribution in [0, 0.1) is 0 Å². The number of carbonyl (C=O) groups excluding carboxylic acids is 1. The first kappa shape index (κ1) is 19.4. The van der Waals surface area contributed by atoms with Gasteiger partial charge >= 0.3 is 5.97 Å². The molecule has 0 radical (unpaired) electrons. The Kier molecular flexibility index (Phi) is 5.76. The highest BCUT2D eigenvalue weighted by molar-refractivity contribution is 8.00. The number of para-hydroxylation sites is 1. The minimum Gasteiger partial charge on any atom is -0.465 e. The summed E-state index contributed by atoms with van der Waals surface area (Å²) in [7, 11) is 0. The highest BCUT2D eigenvalue weighted by Crippen LogP contribution is 2.28.